The number of para-hydroxylation sites is 1. The van der Waals surface area contributed by atoms with E-state index in [1.165, 1.54) is 18.5 Å². The third-order valence-corrected chi connectivity index (χ3v) is 9.64. The fraction of sp³-hybridized carbons (Fsp3) is 0.400. The molecule has 1 aliphatic heterocycles. The van der Waals surface area contributed by atoms with Crippen molar-refractivity contribution in [3.05, 3.63) is 84.1 Å². The quantitative estimate of drug-likeness (QED) is 0.0546. The number of phenolic OH excluding ortho intramolecular Hbond substituents is 1. The van der Waals surface area contributed by atoms with Gasteiger partial charge >= 0.3 is 0 Å². The lowest BCUT2D eigenvalue weighted by molar-refractivity contribution is -0.135. The van der Waals surface area contributed by atoms with Gasteiger partial charge in [-0.1, -0.05) is 44.2 Å². The molecule has 0 aliphatic carbocycles. The number of phenols is 1. The van der Waals surface area contributed by atoms with Crippen LogP contribution in [0.5, 0.6) is 5.75 Å². The van der Waals surface area contributed by atoms with Gasteiger partial charge in [0.15, 0.2) is 0 Å². The summed E-state index contributed by atoms with van der Waals surface area (Å²) in [6.45, 7) is 2.82. The van der Waals surface area contributed by atoms with Gasteiger partial charge in [-0.15, -0.1) is 0 Å². The zero-order valence-electron chi connectivity index (χ0n) is 32.0. The van der Waals surface area contributed by atoms with Crippen LogP contribution in [0.25, 0.3) is 10.9 Å². The summed E-state index contributed by atoms with van der Waals surface area (Å²) in [6.07, 6.45) is 6.86. The molecule has 0 spiro atoms. The van der Waals surface area contributed by atoms with Gasteiger partial charge in [0.2, 0.25) is 41.7 Å². The van der Waals surface area contributed by atoms with E-state index in [-0.39, 0.29) is 56.1 Å². The van der Waals surface area contributed by atoms with Crippen LogP contribution in [-0.2, 0) is 52.8 Å². The molecule has 1 aliphatic rings. The Kier molecular flexibility index (Phi) is 14.7. The molecule has 0 bridgehead atoms. The second kappa shape index (κ2) is 20.0. The summed E-state index contributed by atoms with van der Waals surface area (Å²) in [4.78, 5) is 102. The first-order valence-corrected chi connectivity index (χ1v) is 18.9. The maximum atomic E-state index is 14.1. The Morgan fingerprint density at radius 1 is 0.828 bits per heavy atom. The molecule has 6 atom stereocenters. The molecule has 307 valence electrons. The number of hydrogen-bond acceptors (Lipinski definition) is 10. The molecule has 2 aromatic heterocycles. The zero-order valence-corrected chi connectivity index (χ0v) is 32.0. The lowest BCUT2D eigenvalue weighted by Crippen LogP contribution is -2.60. The highest BCUT2D eigenvalue weighted by Crippen LogP contribution is 2.20. The summed E-state index contributed by atoms with van der Waals surface area (Å²) in [5, 5.41) is 36.5. The third-order valence-electron chi connectivity index (χ3n) is 9.64. The molecular formula is C40H48N9O9. The van der Waals surface area contributed by atoms with E-state index in [1.807, 2.05) is 32.0 Å². The second-order valence-electron chi connectivity index (χ2n) is 14.6. The van der Waals surface area contributed by atoms with Crippen LogP contribution in [0.3, 0.4) is 0 Å². The minimum atomic E-state index is -1.61. The standard InChI is InChI=1S/C40H48N9O9/c1-22(2)13-26(19-50)44-37(55)31(14-23-7-9-27(52)10-8-23)46-40(58)34(20-51)49-38(56)32(15-24-17-42-29-6-4-3-5-28(24)29)47-39(57)33(16-25-18-41-21-43-25)48-36(54)30-11-12-35(53)45-30/h3-10,17-18,21-22,26,30-34,42,51-52H,11-16,20H2,1-2H3,(H,41,43)(H,44,55)(H,45,53)(H,46,58)(H,47,57)(H,48,54)(H,49,56)/t26-,30+,31+,32+,33+,34+/m1/s1. The van der Waals surface area contributed by atoms with Gasteiger partial charge in [0.05, 0.1) is 24.7 Å². The lowest BCUT2D eigenvalue weighted by Gasteiger charge is -2.26. The van der Waals surface area contributed by atoms with Gasteiger partial charge in [-0.05, 0) is 48.1 Å². The predicted molar refractivity (Wildman–Crippen MR) is 209 cm³/mol. The minimum Gasteiger partial charge on any atom is -0.508 e. The van der Waals surface area contributed by atoms with Crippen molar-refractivity contribution in [3.8, 4) is 5.75 Å². The van der Waals surface area contributed by atoms with Crippen LogP contribution >= 0.6 is 0 Å². The molecule has 2 aromatic carbocycles. The molecule has 58 heavy (non-hydrogen) atoms. The number of benzene rings is 2. The minimum absolute atomic E-state index is 0.0178. The number of imidazole rings is 1. The number of nitrogens with one attached hydrogen (secondary N) is 8. The number of carbonyl (C=O) groups excluding carboxylic acids is 7. The number of nitrogens with zero attached hydrogens (tertiary/aromatic N) is 1. The predicted octanol–water partition coefficient (Wildman–Crippen LogP) is -0.525. The van der Waals surface area contributed by atoms with E-state index in [2.05, 4.69) is 46.9 Å². The SMILES string of the molecule is CC(C)C[C@H]([C]=O)NC(=O)[C@H](Cc1ccc(O)cc1)NC(=O)[C@H](CO)NC(=O)[C@H](Cc1c[nH]c2ccccc12)NC(=O)[C@H](Cc1c[nH]cn1)NC(=O)[C@@H]1CCC(=O)N1. The Morgan fingerprint density at radius 2 is 1.47 bits per heavy atom. The molecule has 1 radical (unpaired) electrons. The molecule has 4 aromatic rings. The van der Waals surface area contributed by atoms with E-state index < -0.39 is 72.4 Å². The Morgan fingerprint density at radius 3 is 2.09 bits per heavy atom. The van der Waals surface area contributed by atoms with Crippen LogP contribution in [-0.4, -0.2) is 110 Å². The topological polar surface area (TPSA) is 277 Å². The number of carbonyl (C=O) groups is 6. The molecule has 3 heterocycles. The van der Waals surface area contributed by atoms with Gasteiger partial charge in [-0.25, -0.2) is 4.98 Å². The molecule has 1 saturated heterocycles. The maximum absolute atomic E-state index is 14.1. The number of H-pyrrole nitrogens is 2. The number of aromatic hydroxyl groups is 1. The summed E-state index contributed by atoms with van der Waals surface area (Å²) in [5.41, 5.74) is 2.37. The molecule has 0 saturated carbocycles. The van der Waals surface area contributed by atoms with Gasteiger partial charge in [0.25, 0.3) is 0 Å². The van der Waals surface area contributed by atoms with Gasteiger partial charge in [0, 0.05) is 49.0 Å². The smallest absolute Gasteiger partial charge is 0.245 e. The van der Waals surface area contributed by atoms with E-state index in [1.54, 1.807) is 36.9 Å². The van der Waals surface area contributed by atoms with Crippen molar-refractivity contribution >= 4 is 52.6 Å². The van der Waals surface area contributed by atoms with Crippen LogP contribution in [0.2, 0.25) is 0 Å². The Hall–Kier alpha value is -6.56. The molecular weight excluding hydrogens is 750 g/mol. The summed E-state index contributed by atoms with van der Waals surface area (Å²) < 4.78 is 0. The summed E-state index contributed by atoms with van der Waals surface area (Å²) in [6, 6.07) is 5.87. The molecule has 0 unspecified atom stereocenters. The molecule has 6 amide bonds. The van der Waals surface area contributed by atoms with E-state index in [0.29, 0.717) is 16.8 Å². The number of aromatic amines is 2. The Balaban J connectivity index is 1.37. The summed E-state index contributed by atoms with van der Waals surface area (Å²) in [5.74, 6) is -4.16. The number of fused-ring (bicyclic) bond motifs is 1. The zero-order chi connectivity index (χ0) is 41.8. The molecule has 18 heteroatoms. The number of aliphatic hydroxyl groups excluding tert-OH is 1. The largest absolute Gasteiger partial charge is 0.508 e. The van der Waals surface area contributed by atoms with Gasteiger partial charge in [-0.2, -0.15) is 0 Å². The van der Waals surface area contributed by atoms with Gasteiger partial charge < -0.3 is 52.1 Å². The number of hydrogen-bond donors (Lipinski definition) is 10. The lowest BCUT2D eigenvalue weighted by atomic mass is 10.0. The van der Waals surface area contributed by atoms with Crippen LogP contribution in [0.1, 0.15) is 49.9 Å². The van der Waals surface area contributed by atoms with Crippen LogP contribution in [0.15, 0.2) is 67.3 Å². The molecule has 18 nitrogen and oxygen atoms in total. The van der Waals surface area contributed by atoms with Crippen molar-refractivity contribution in [2.75, 3.05) is 6.61 Å². The Bertz CT molecular complexity index is 2070. The monoisotopic (exact) mass is 798 g/mol. The van der Waals surface area contributed by atoms with Crippen molar-refractivity contribution in [2.45, 2.75) is 88.6 Å². The fourth-order valence-electron chi connectivity index (χ4n) is 6.60. The van der Waals surface area contributed by atoms with Crippen LogP contribution in [0, 0.1) is 5.92 Å². The first kappa shape index (κ1) is 42.6. The van der Waals surface area contributed by atoms with E-state index in [9.17, 15) is 43.8 Å². The van der Waals surface area contributed by atoms with Crippen LogP contribution < -0.4 is 31.9 Å². The fourth-order valence-corrected chi connectivity index (χ4v) is 6.60. The van der Waals surface area contributed by atoms with Crippen molar-refractivity contribution in [1.82, 2.24) is 46.9 Å². The molecule has 1 fully saturated rings. The van der Waals surface area contributed by atoms with Gasteiger partial charge in [0.1, 0.15) is 36.0 Å². The van der Waals surface area contributed by atoms with E-state index in [0.717, 1.165) is 10.9 Å². The average Bonchev–Trinajstić information content (AvgIpc) is 3.98. The first-order valence-electron chi connectivity index (χ1n) is 18.9. The maximum Gasteiger partial charge on any atom is 0.245 e. The average molecular weight is 799 g/mol. The number of aliphatic hydroxyl groups is 1. The van der Waals surface area contributed by atoms with Crippen molar-refractivity contribution < 1.29 is 43.8 Å². The molecule has 10 N–H and O–H groups in total. The molecule has 5 rings (SSSR count). The van der Waals surface area contributed by atoms with Crippen molar-refractivity contribution in [2.24, 2.45) is 5.92 Å². The normalized spacial score (nSPS) is 16.3. The second-order valence-corrected chi connectivity index (χ2v) is 14.6. The van der Waals surface area contributed by atoms with E-state index in [4.69, 9.17) is 0 Å². The Labute approximate surface area is 333 Å². The number of aromatic nitrogens is 3. The summed E-state index contributed by atoms with van der Waals surface area (Å²) in [7, 11) is 0. The van der Waals surface area contributed by atoms with Gasteiger partial charge in [-0.3, -0.25) is 33.6 Å². The first-order chi connectivity index (χ1) is 27.8. The highest BCUT2D eigenvalue weighted by molar-refractivity contribution is 5.98. The number of amides is 6. The number of rotatable bonds is 20. The highest BCUT2D eigenvalue weighted by Gasteiger charge is 2.35. The summed E-state index contributed by atoms with van der Waals surface area (Å²) >= 11 is 0. The van der Waals surface area contributed by atoms with Crippen LogP contribution in [0.4, 0.5) is 0 Å². The van der Waals surface area contributed by atoms with Crippen molar-refractivity contribution in [3.63, 3.8) is 0 Å². The highest BCUT2D eigenvalue weighted by atomic mass is 16.3. The third kappa shape index (κ3) is 11.7. The van der Waals surface area contributed by atoms with Crippen molar-refractivity contribution in [1.29, 1.82) is 0 Å². The van der Waals surface area contributed by atoms with E-state index >= 15 is 0 Å².